The van der Waals surface area contributed by atoms with E-state index in [0.717, 1.165) is 16.5 Å². The summed E-state index contributed by atoms with van der Waals surface area (Å²) in [5, 5.41) is 4.87. The van der Waals surface area contributed by atoms with Crippen LogP contribution in [0.3, 0.4) is 0 Å². The van der Waals surface area contributed by atoms with E-state index in [9.17, 15) is 9.59 Å². The van der Waals surface area contributed by atoms with Crippen molar-refractivity contribution in [2.24, 2.45) is 0 Å². The van der Waals surface area contributed by atoms with Gasteiger partial charge in [-0.3, -0.25) is 9.36 Å². The molecule has 0 aliphatic heterocycles. The Morgan fingerprint density at radius 1 is 0.958 bits per heavy atom. The van der Waals surface area contributed by atoms with Gasteiger partial charge in [0.05, 0.1) is 5.52 Å². The van der Waals surface area contributed by atoms with E-state index < -0.39 is 5.76 Å². The second-order valence-corrected chi connectivity index (χ2v) is 5.50. The van der Waals surface area contributed by atoms with Crippen LogP contribution >= 0.6 is 0 Å². The van der Waals surface area contributed by atoms with Crippen molar-refractivity contribution in [1.82, 2.24) is 4.57 Å². The van der Waals surface area contributed by atoms with Crippen molar-refractivity contribution >= 4 is 33.5 Å². The van der Waals surface area contributed by atoms with E-state index in [2.05, 4.69) is 5.32 Å². The minimum Gasteiger partial charge on any atom is -0.408 e. The largest absolute Gasteiger partial charge is 0.420 e. The Labute approximate surface area is 137 Å². The van der Waals surface area contributed by atoms with Crippen molar-refractivity contribution in [1.29, 1.82) is 0 Å². The van der Waals surface area contributed by atoms with E-state index in [-0.39, 0.29) is 12.5 Å². The van der Waals surface area contributed by atoms with Crippen LogP contribution in [0.15, 0.2) is 75.9 Å². The molecular formula is C19H14N2O3. The maximum absolute atomic E-state index is 12.4. The standard InChI is InChI=1S/C19H14N2O3/c22-18(12-21-16-10-3-4-11-17(16)24-19(21)23)20-15-9-5-7-13-6-1-2-8-14(13)15/h1-11H,12H2,(H,20,22). The topological polar surface area (TPSA) is 64.2 Å². The van der Waals surface area contributed by atoms with Crippen LogP contribution in [-0.2, 0) is 11.3 Å². The molecule has 4 aromatic rings. The first-order chi connectivity index (χ1) is 11.7. The van der Waals surface area contributed by atoms with E-state index in [1.54, 1.807) is 24.3 Å². The Bertz CT molecular complexity index is 1100. The molecule has 1 heterocycles. The van der Waals surface area contributed by atoms with Crippen LogP contribution in [0, 0.1) is 0 Å². The first kappa shape index (κ1) is 14.3. The van der Waals surface area contributed by atoms with E-state index in [1.807, 2.05) is 42.5 Å². The summed E-state index contributed by atoms with van der Waals surface area (Å²) in [7, 11) is 0. The van der Waals surface area contributed by atoms with Gasteiger partial charge in [0.2, 0.25) is 5.91 Å². The van der Waals surface area contributed by atoms with Gasteiger partial charge in [-0.2, -0.15) is 0 Å². The smallest absolute Gasteiger partial charge is 0.408 e. The third kappa shape index (κ3) is 2.46. The molecule has 0 saturated carbocycles. The number of hydrogen-bond donors (Lipinski definition) is 1. The van der Waals surface area contributed by atoms with Crippen molar-refractivity contribution in [3.8, 4) is 0 Å². The number of oxazole rings is 1. The minimum atomic E-state index is -0.538. The fourth-order valence-corrected chi connectivity index (χ4v) is 2.83. The number of carbonyl (C=O) groups is 1. The van der Waals surface area contributed by atoms with Crippen LogP contribution in [0.4, 0.5) is 5.69 Å². The third-order valence-corrected chi connectivity index (χ3v) is 3.94. The second kappa shape index (κ2) is 5.70. The third-order valence-electron chi connectivity index (χ3n) is 3.94. The summed E-state index contributed by atoms with van der Waals surface area (Å²) in [6, 6.07) is 20.6. The molecule has 0 fully saturated rings. The highest BCUT2D eigenvalue weighted by molar-refractivity contribution is 6.02. The average Bonchev–Trinajstić information content (AvgIpc) is 2.91. The molecule has 1 amide bonds. The van der Waals surface area contributed by atoms with Crippen LogP contribution in [0.2, 0.25) is 0 Å². The fourth-order valence-electron chi connectivity index (χ4n) is 2.83. The molecule has 5 heteroatoms. The van der Waals surface area contributed by atoms with Gasteiger partial charge in [0.15, 0.2) is 5.58 Å². The monoisotopic (exact) mass is 318 g/mol. The van der Waals surface area contributed by atoms with Gasteiger partial charge >= 0.3 is 5.76 Å². The number of anilines is 1. The van der Waals surface area contributed by atoms with Crippen LogP contribution < -0.4 is 11.1 Å². The predicted molar refractivity (Wildman–Crippen MR) is 93.1 cm³/mol. The summed E-state index contributed by atoms with van der Waals surface area (Å²) >= 11 is 0. The lowest BCUT2D eigenvalue weighted by Gasteiger charge is -2.09. The number of amides is 1. The van der Waals surface area contributed by atoms with Crippen LogP contribution in [0.1, 0.15) is 0 Å². The van der Waals surface area contributed by atoms with Crippen LogP contribution in [0.5, 0.6) is 0 Å². The molecular weight excluding hydrogens is 304 g/mol. The summed E-state index contributed by atoms with van der Waals surface area (Å²) in [6.07, 6.45) is 0. The minimum absolute atomic E-state index is 0.0981. The van der Waals surface area contributed by atoms with Crippen molar-refractivity contribution in [3.05, 3.63) is 77.3 Å². The number of para-hydroxylation sites is 2. The van der Waals surface area contributed by atoms with E-state index in [1.165, 1.54) is 4.57 Å². The van der Waals surface area contributed by atoms with E-state index >= 15 is 0 Å². The summed E-state index contributed by atoms with van der Waals surface area (Å²) in [5.74, 6) is -0.815. The summed E-state index contributed by atoms with van der Waals surface area (Å²) in [6.45, 7) is -0.0981. The molecule has 24 heavy (non-hydrogen) atoms. The van der Waals surface area contributed by atoms with Crippen molar-refractivity contribution < 1.29 is 9.21 Å². The zero-order valence-electron chi connectivity index (χ0n) is 12.7. The molecule has 3 aromatic carbocycles. The highest BCUT2D eigenvalue weighted by Crippen LogP contribution is 2.23. The van der Waals surface area contributed by atoms with Gasteiger partial charge in [0.25, 0.3) is 0 Å². The van der Waals surface area contributed by atoms with E-state index in [0.29, 0.717) is 11.1 Å². The van der Waals surface area contributed by atoms with Gasteiger partial charge in [-0.1, -0.05) is 48.5 Å². The summed E-state index contributed by atoms with van der Waals surface area (Å²) in [4.78, 5) is 24.4. The molecule has 1 aromatic heterocycles. The van der Waals surface area contributed by atoms with Crippen molar-refractivity contribution in [3.63, 3.8) is 0 Å². The first-order valence-electron chi connectivity index (χ1n) is 7.58. The van der Waals surface area contributed by atoms with Gasteiger partial charge in [-0.25, -0.2) is 4.79 Å². The Kier molecular flexibility index (Phi) is 3.39. The molecule has 0 saturated heterocycles. The molecule has 118 valence electrons. The zero-order chi connectivity index (χ0) is 16.5. The Morgan fingerprint density at radius 3 is 2.62 bits per heavy atom. The molecule has 0 aliphatic rings. The van der Waals surface area contributed by atoms with Gasteiger partial charge in [0, 0.05) is 11.1 Å². The van der Waals surface area contributed by atoms with Crippen molar-refractivity contribution in [2.45, 2.75) is 6.54 Å². The lowest BCUT2D eigenvalue weighted by molar-refractivity contribution is -0.116. The molecule has 4 rings (SSSR count). The molecule has 0 radical (unpaired) electrons. The average molecular weight is 318 g/mol. The normalized spacial score (nSPS) is 11.0. The number of fused-ring (bicyclic) bond motifs is 2. The molecule has 0 unspecified atom stereocenters. The Morgan fingerprint density at radius 2 is 1.71 bits per heavy atom. The second-order valence-electron chi connectivity index (χ2n) is 5.50. The number of benzene rings is 3. The summed E-state index contributed by atoms with van der Waals surface area (Å²) < 4.78 is 6.48. The van der Waals surface area contributed by atoms with E-state index in [4.69, 9.17) is 4.42 Å². The number of nitrogens with one attached hydrogen (secondary N) is 1. The highest BCUT2D eigenvalue weighted by atomic mass is 16.4. The lowest BCUT2D eigenvalue weighted by Crippen LogP contribution is -2.24. The SMILES string of the molecule is O=C(Cn1c(=O)oc2ccccc21)Nc1cccc2ccccc12. The Balaban J connectivity index is 1.65. The molecule has 0 aliphatic carbocycles. The number of rotatable bonds is 3. The fraction of sp³-hybridized carbons (Fsp3) is 0.0526. The number of hydrogen-bond acceptors (Lipinski definition) is 3. The van der Waals surface area contributed by atoms with Crippen LogP contribution in [-0.4, -0.2) is 10.5 Å². The number of carbonyl (C=O) groups excluding carboxylic acids is 1. The van der Waals surface area contributed by atoms with Gasteiger partial charge in [-0.05, 0) is 23.6 Å². The van der Waals surface area contributed by atoms with Gasteiger partial charge in [0.1, 0.15) is 6.54 Å². The maximum atomic E-state index is 12.4. The quantitative estimate of drug-likeness (QED) is 0.630. The Hall–Kier alpha value is -3.34. The zero-order valence-corrected chi connectivity index (χ0v) is 12.7. The molecule has 0 bridgehead atoms. The van der Waals surface area contributed by atoms with Crippen molar-refractivity contribution in [2.75, 3.05) is 5.32 Å². The lowest BCUT2D eigenvalue weighted by atomic mass is 10.1. The number of aromatic nitrogens is 1. The highest BCUT2D eigenvalue weighted by Gasteiger charge is 2.13. The molecule has 1 N–H and O–H groups in total. The predicted octanol–water partition coefficient (Wildman–Crippen LogP) is 3.39. The van der Waals surface area contributed by atoms with Gasteiger partial charge < -0.3 is 9.73 Å². The summed E-state index contributed by atoms with van der Waals surface area (Å²) in [5.41, 5.74) is 1.80. The number of nitrogens with zero attached hydrogens (tertiary/aromatic N) is 1. The molecule has 0 atom stereocenters. The molecule has 0 spiro atoms. The molecule has 5 nitrogen and oxygen atoms in total. The van der Waals surface area contributed by atoms with Crippen LogP contribution in [0.25, 0.3) is 21.9 Å². The first-order valence-corrected chi connectivity index (χ1v) is 7.58. The maximum Gasteiger partial charge on any atom is 0.420 e. The van der Waals surface area contributed by atoms with Gasteiger partial charge in [-0.15, -0.1) is 0 Å².